The topological polar surface area (TPSA) is 40.7 Å². The smallest absolute Gasteiger partial charge is 0.138 e. The van der Waals surface area contributed by atoms with Crippen molar-refractivity contribution in [3.8, 4) is 0 Å². The van der Waals surface area contributed by atoms with Crippen LogP contribution >= 0.6 is 0 Å². The average molecular weight is 239 g/mol. The van der Waals surface area contributed by atoms with Crippen LogP contribution in [0.4, 0.5) is 0 Å². The lowest BCUT2D eigenvalue weighted by Crippen LogP contribution is -2.19. The van der Waals surface area contributed by atoms with Crippen LogP contribution in [-0.4, -0.2) is 23.1 Å². The van der Waals surface area contributed by atoms with E-state index in [0.717, 1.165) is 30.9 Å². The summed E-state index contributed by atoms with van der Waals surface area (Å²) in [6.07, 6.45) is 9.46. The first-order valence-corrected chi connectivity index (χ1v) is 6.39. The summed E-state index contributed by atoms with van der Waals surface area (Å²) >= 11 is 0. The minimum absolute atomic E-state index is 0.964. The molecule has 0 bridgehead atoms. The number of hydrogen-bond acceptors (Lipinski definition) is 2. The van der Waals surface area contributed by atoms with Crippen molar-refractivity contribution in [1.29, 1.82) is 0 Å². The molecule has 3 nitrogen and oxygen atoms in total. The monoisotopic (exact) mass is 239 g/mol. The number of fused-ring (bicyclic) bond motifs is 1. The molecule has 18 heavy (non-hydrogen) atoms. The summed E-state index contributed by atoms with van der Waals surface area (Å²) in [5.74, 6) is 0. The van der Waals surface area contributed by atoms with E-state index >= 15 is 0 Å². The number of pyridine rings is 1. The second-order valence-corrected chi connectivity index (χ2v) is 4.52. The number of allylic oxidation sites excluding steroid dienone is 1. The lowest BCUT2D eigenvalue weighted by molar-refractivity contribution is 0.739. The molecule has 2 aromatic heterocycles. The summed E-state index contributed by atoms with van der Waals surface area (Å²) < 4.78 is 0. The molecule has 2 N–H and O–H groups in total. The van der Waals surface area contributed by atoms with Gasteiger partial charge in [0.2, 0.25) is 0 Å². The Labute approximate surface area is 107 Å². The molecule has 1 aliphatic heterocycles. The molecular weight excluding hydrogens is 222 g/mol. The van der Waals surface area contributed by atoms with Crippen LogP contribution < -0.4 is 5.32 Å². The minimum Gasteiger partial charge on any atom is -0.346 e. The Balaban J connectivity index is 2.06. The highest BCUT2D eigenvalue weighted by Crippen LogP contribution is 2.27. The molecule has 3 rings (SSSR count). The molecule has 0 unspecified atom stereocenters. The van der Waals surface area contributed by atoms with E-state index in [1.807, 2.05) is 19.1 Å². The third-order valence-corrected chi connectivity index (χ3v) is 3.31. The number of H-pyrrole nitrogens is 1. The molecular formula is C15H17N3. The highest BCUT2D eigenvalue weighted by Gasteiger charge is 2.11. The van der Waals surface area contributed by atoms with Crippen molar-refractivity contribution >= 4 is 22.7 Å². The fourth-order valence-corrected chi connectivity index (χ4v) is 2.42. The molecule has 0 saturated carbocycles. The first kappa shape index (κ1) is 11.2. The van der Waals surface area contributed by atoms with Crippen LogP contribution in [0.2, 0.25) is 0 Å². The Hall–Kier alpha value is -1.87. The lowest BCUT2D eigenvalue weighted by Gasteiger charge is -2.13. The van der Waals surface area contributed by atoms with Gasteiger partial charge >= 0.3 is 0 Å². The van der Waals surface area contributed by atoms with Gasteiger partial charge in [-0.25, -0.2) is 4.98 Å². The molecule has 0 spiro atoms. The third kappa shape index (κ3) is 1.97. The molecule has 0 aromatic carbocycles. The van der Waals surface area contributed by atoms with Gasteiger partial charge in [-0.2, -0.15) is 0 Å². The molecule has 2 aromatic rings. The fraction of sp³-hybridized carbons (Fsp3) is 0.267. The Morgan fingerprint density at radius 2 is 2.28 bits per heavy atom. The van der Waals surface area contributed by atoms with E-state index in [-0.39, 0.29) is 0 Å². The summed E-state index contributed by atoms with van der Waals surface area (Å²) in [6, 6.07) is 4.23. The molecule has 0 saturated heterocycles. The summed E-state index contributed by atoms with van der Waals surface area (Å²) in [6.45, 7) is 4.03. The zero-order valence-electron chi connectivity index (χ0n) is 10.5. The Morgan fingerprint density at radius 3 is 3.06 bits per heavy atom. The molecule has 92 valence electrons. The van der Waals surface area contributed by atoms with E-state index in [0.29, 0.717) is 0 Å². The number of rotatable bonds is 2. The van der Waals surface area contributed by atoms with Crippen LogP contribution in [0.15, 0.2) is 30.5 Å². The van der Waals surface area contributed by atoms with Crippen molar-refractivity contribution in [2.45, 2.75) is 13.3 Å². The standard InChI is InChI=1S/C15H17N3/c1-2-3-12-4-5-13-14(10-17-15(13)18-12)11-6-8-16-9-7-11/h2-6,10,16H,7-9H2,1H3,(H,17,18)/b3-2+. The van der Waals surface area contributed by atoms with Gasteiger partial charge < -0.3 is 10.3 Å². The van der Waals surface area contributed by atoms with E-state index in [4.69, 9.17) is 0 Å². The quantitative estimate of drug-likeness (QED) is 0.846. The van der Waals surface area contributed by atoms with Crippen molar-refractivity contribution in [3.05, 3.63) is 41.7 Å². The van der Waals surface area contributed by atoms with E-state index in [1.165, 1.54) is 16.5 Å². The maximum Gasteiger partial charge on any atom is 0.138 e. The van der Waals surface area contributed by atoms with Gasteiger partial charge in [0, 0.05) is 23.7 Å². The van der Waals surface area contributed by atoms with Gasteiger partial charge in [0.05, 0.1) is 5.69 Å². The molecule has 3 heterocycles. The van der Waals surface area contributed by atoms with E-state index in [1.54, 1.807) is 0 Å². The highest BCUT2D eigenvalue weighted by molar-refractivity contribution is 5.91. The lowest BCUT2D eigenvalue weighted by atomic mass is 10.0. The zero-order chi connectivity index (χ0) is 12.4. The van der Waals surface area contributed by atoms with Crippen LogP contribution in [0.5, 0.6) is 0 Å². The zero-order valence-corrected chi connectivity index (χ0v) is 10.5. The Bertz CT molecular complexity index is 620. The van der Waals surface area contributed by atoms with Gasteiger partial charge in [0.25, 0.3) is 0 Å². The van der Waals surface area contributed by atoms with Crippen molar-refractivity contribution in [1.82, 2.24) is 15.3 Å². The van der Waals surface area contributed by atoms with Crippen LogP contribution in [0.1, 0.15) is 24.6 Å². The Kier molecular flexibility index (Phi) is 2.99. The number of hydrogen-bond donors (Lipinski definition) is 2. The summed E-state index contributed by atoms with van der Waals surface area (Å²) in [5, 5.41) is 4.56. The second-order valence-electron chi connectivity index (χ2n) is 4.52. The van der Waals surface area contributed by atoms with Crippen molar-refractivity contribution in [3.63, 3.8) is 0 Å². The van der Waals surface area contributed by atoms with Crippen LogP contribution in [0, 0.1) is 0 Å². The van der Waals surface area contributed by atoms with E-state index in [9.17, 15) is 0 Å². The van der Waals surface area contributed by atoms with Crippen molar-refractivity contribution < 1.29 is 0 Å². The number of nitrogens with zero attached hydrogens (tertiary/aromatic N) is 1. The first-order valence-electron chi connectivity index (χ1n) is 6.39. The van der Waals surface area contributed by atoms with E-state index in [2.05, 4.69) is 39.7 Å². The predicted molar refractivity (Wildman–Crippen MR) is 76.3 cm³/mol. The predicted octanol–water partition coefficient (Wildman–Crippen LogP) is 2.97. The van der Waals surface area contributed by atoms with Gasteiger partial charge in [-0.05, 0) is 43.7 Å². The molecule has 0 radical (unpaired) electrons. The van der Waals surface area contributed by atoms with Gasteiger partial charge in [-0.15, -0.1) is 0 Å². The van der Waals surface area contributed by atoms with Gasteiger partial charge in [-0.1, -0.05) is 12.2 Å². The second kappa shape index (κ2) is 4.78. The van der Waals surface area contributed by atoms with Gasteiger partial charge in [0.1, 0.15) is 5.65 Å². The first-order chi connectivity index (χ1) is 8.88. The molecule has 0 amide bonds. The SMILES string of the molecule is C/C=C/c1ccc2c(C3=CCNCC3)c[nH]c2n1. The Morgan fingerprint density at radius 1 is 1.33 bits per heavy atom. The number of aromatic nitrogens is 2. The molecule has 0 aliphatic carbocycles. The van der Waals surface area contributed by atoms with Crippen LogP contribution in [0.25, 0.3) is 22.7 Å². The number of aromatic amines is 1. The number of nitrogens with one attached hydrogen (secondary N) is 2. The van der Waals surface area contributed by atoms with E-state index < -0.39 is 0 Å². The van der Waals surface area contributed by atoms with Crippen molar-refractivity contribution in [2.75, 3.05) is 13.1 Å². The van der Waals surface area contributed by atoms with Crippen molar-refractivity contribution in [2.24, 2.45) is 0 Å². The average Bonchev–Trinajstić information content (AvgIpc) is 2.83. The third-order valence-electron chi connectivity index (χ3n) is 3.31. The molecule has 3 heteroatoms. The van der Waals surface area contributed by atoms with Gasteiger partial charge in [0.15, 0.2) is 0 Å². The largest absolute Gasteiger partial charge is 0.346 e. The maximum atomic E-state index is 4.60. The van der Waals surface area contributed by atoms with Gasteiger partial charge in [-0.3, -0.25) is 0 Å². The minimum atomic E-state index is 0.964. The fourth-order valence-electron chi connectivity index (χ4n) is 2.42. The molecule has 0 atom stereocenters. The molecule has 1 aliphatic rings. The van der Waals surface area contributed by atoms with Crippen LogP contribution in [-0.2, 0) is 0 Å². The normalized spacial score (nSPS) is 16.4. The van der Waals surface area contributed by atoms with Crippen LogP contribution in [0.3, 0.4) is 0 Å². The summed E-state index contributed by atoms with van der Waals surface area (Å²) in [5.41, 5.74) is 4.68. The maximum absolute atomic E-state index is 4.60. The summed E-state index contributed by atoms with van der Waals surface area (Å²) in [7, 11) is 0. The molecule has 0 fully saturated rings. The highest BCUT2D eigenvalue weighted by atomic mass is 14.9. The summed E-state index contributed by atoms with van der Waals surface area (Å²) in [4.78, 5) is 7.87.